The molecule has 0 radical (unpaired) electrons. The molecule has 9 amide bonds. The number of benzene rings is 4. The highest BCUT2D eigenvalue weighted by molar-refractivity contribution is 14.1. The van der Waals surface area contributed by atoms with E-state index in [1.54, 1.807) is 11.9 Å². The second-order valence-corrected chi connectivity index (χ2v) is 33.6. The van der Waals surface area contributed by atoms with Crippen LogP contribution in [0.15, 0.2) is 118 Å². The molecule has 25 heteroatoms. The van der Waals surface area contributed by atoms with Crippen LogP contribution in [0.5, 0.6) is 0 Å². The molecule has 3 saturated carbocycles. The number of aliphatic carboxylic acids is 1. The third-order valence-corrected chi connectivity index (χ3v) is 20.0. The van der Waals surface area contributed by atoms with Gasteiger partial charge in [0.05, 0.1) is 22.8 Å². The summed E-state index contributed by atoms with van der Waals surface area (Å²) in [4.78, 5) is 144. The molecular weight excluding hydrogens is 1520 g/mol. The summed E-state index contributed by atoms with van der Waals surface area (Å²) in [7, 11) is 1.71. The molecule has 0 saturated heterocycles. The monoisotopic (exact) mass is 1640 g/mol. The van der Waals surface area contributed by atoms with Gasteiger partial charge in [-0.05, 0) is 104 Å². The molecule has 4 aromatic rings. The SMILES string of the molecule is C.CC(C)(C)C1=NC(NC(=O)OCc2ccccc2)C(=O)Nc2ccccc21.CC(C)CCC(=O)NC1(C(=O)NC2N=C(C(C)(C)C)c3ccccc3N(C)C2=O)CCCC1.CC(C)CCC(=O)NC1(C(=O)NC2N=C(C(C)(C)C)c3ccccc3NC2=O)CCCC1.CC(C)CCC(=O)NC1(C(=O)O)CCCC1.CI. The second kappa shape index (κ2) is 41.6. The molecule has 3 aliphatic heterocycles. The van der Waals surface area contributed by atoms with Crippen LogP contribution < -0.4 is 47.4 Å². The third kappa shape index (κ3) is 26.4. The van der Waals surface area contributed by atoms with Crippen molar-refractivity contribution in [2.45, 2.75) is 269 Å². The summed E-state index contributed by atoms with van der Waals surface area (Å²) >= 11 is 2.15. The minimum atomic E-state index is -1.06. The number of benzodiazepines with no additional fused rings is 3. The molecule has 10 rings (SSSR count). The molecule has 111 heavy (non-hydrogen) atoms. The molecule has 0 spiro atoms. The summed E-state index contributed by atoms with van der Waals surface area (Å²) in [5, 5.41) is 31.9. The van der Waals surface area contributed by atoms with Gasteiger partial charge in [0.1, 0.15) is 23.2 Å². The second-order valence-electron chi connectivity index (χ2n) is 33.6. The van der Waals surface area contributed by atoms with E-state index < -0.39 is 53.1 Å². The zero-order valence-corrected chi connectivity index (χ0v) is 70.0. The number of carboxylic acid groups (broad SMARTS) is 1. The fourth-order valence-electron chi connectivity index (χ4n) is 13.9. The largest absolute Gasteiger partial charge is 0.480 e. The minimum Gasteiger partial charge on any atom is -0.480 e. The summed E-state index contributed by atoms with van der Waals surface area (Å²) in [6.07, 6.45) is 8.29. The molecule has 3 fully saturated rings. The van der Waals surface area contributed by atoms with Crippen molar-refractivity contribution in [3.05, 3.63) is 125 Å². The number of halogens is 1. The molecule has 9 N–H and O–H groups in total. The number of carbonyl (C=O) groups is 10. The van der Waals surface area contributed by atoms with E-state index >= 15 is 0 Å². The van der Waals surface area contributed by atoms with Crippen LogP contribution >= 0.6 is 22.6 Å². The Balaban J connectivity index is 0.000000269. The molecule has 24 nitrogen and oxygen atoms in total. The normalized spacial score (nSPS) is 18.6. The van der Waals surface area contributed by atoms with Crippen LogP contribution in [0.2, 0.25) is 0 Å². The maximum atomic E-state index is 13.5. The lowest BCUT2D eigenvalue weighted by Crippen LogP contribution is -2.60. The van der Waals surface area contributed by atoms with Crippen molar-refractivity contribution in [3.63, 3.8) is 0 Å². The average Bonchev–Trinajstić information content (AvgIpc) is 1.59. The number of fused-ring (bicyclic) bond motifs is 3. The highest BCUT2D eigenvalue weighted by Crippen LogP contribution is 2.37. The Kier molecular flexibility index (Phi) is 34.7. The Hall–Kier alpha value is -8.88. The first-order chi connectivity index (χ1) is 51.8. The number of carbonyl (C=O) groups excluding carboxylic acids is 9. The van der Waals surface area contributed by atoms with Crippen molar-refractivity contribution in [3.8, 4) is 0 Å². The van der Waals surface area contributed by atoms with Crippen LogP contribution in [0.4, 0.5) is 21.9 Å². The predicted octanol–water partition coefficient (Wildman–Crippen LogP) is 14.9. The van der Waals surface area contributed by atoms with E-state index in [0.717, 1.165) is 103 Å². The molecule has 0 aromatic heterocycles. The fraction of sp³-hybridized carbons (Fsp3) is 0.570. The lowest BCUT2D eigenvalue weighted by molar-refractivity contribution is -0.147. The highest BCUT2D eigenvalue weighted by Gasteiger charge is 2.47. The van der Waals surface area contributed by atoms with Gasteiger partial charge in [-0.1, -0.05) is 257 Å². The van der Waals surface area contributed by atoms with E-state index in [0.29, 0.717) is 86.9 Å². The number of alkyl halides is 1. The van der Waals surface area contributed by atoms with Crippen LogP contribution in [-0.2, 0) is 54.5 Å². The topological polar surface area (TPSA) is 337 Å². The van der Waals surface area contributed by atoms with Crippen LogP contribution in [-0.4, -0.2) is 129 Å². The van der Waals surface area contributed by atoms with Gasteiger partial charge < -0.3 is 52.0 Å². The number of anilines is 3. The van der Waals surface area contributed by atoms with E-state index in [-0.39, 0.29) is 71.6 Å². The average molecular weight is 1650 g/mol. The lowest BCUT2D eigenvalue weighted by Gasteiger charge is -2.31. The molecular formula is C86H125IN12O12. The summed E-state index contributed by atoms with van der Waals surface area (Å²) < 4.78 is 5.22. The van der Waals surface area contributed by atoms with Gasteiger partial charge >= 0.3 is 12.1 Å². The quantitative estimate of drug-likeness (QED) is 0.0295. The zero-order chi connectivity index (χ0) is 81.5. The maximum Gasteiger partial charge on any atom is 0.409 e. The van der Waals surface area contributed by atoms with E-state index in [4.69, 9.17) is 14.7 Å². The summed E-state index contributed by atoms with van der Waals surface area (Å²) in [5.74, 6) is -1.70. The van der Waals surface area contributed by atoms with E-state index in [2.05, 4.69) is 112 Å². The van der Waals surface area contributed by atoms with Gasteiger partial charge in [-0.15, -0.1) is 0 Å². The molecule has 3 atom stereocenters. The van der Waals surface area contributed by atoms with Crippen molar-refractivity contribution < 1.29 is 57.8 Å². The first kappa shape index (κ1) is 92.7. The molecule has 0 bridgehead atoms. The van der Waals surface area contributed by atoms with Crippen molar-refractivity contribution in [1.82, 2.24) is 31.9 Å². The molecule has 3 aliphatic carbocycles. The van der Waals surface area contributed by atoms with Gasteiger partial charge in [0.2, 0.25) is 48.0 Å². The predicted molar refractivity (Wildman–Crippen MR) is 450 cm³/mol. The number of para-hydroxylation sites is 3. The number of hydrogen-bond donors (Lipinski definition) is 9. The smallest absolute Gasteiger partial charge is 0.409 e. The molecule has 4 aromatic carbocycles. The fourth-order valence-corrected chi connectivity index (χ4v) is 13.9. The number of nitrogens with one attached hydrogen (secondary N) is 8. The van der Waals surface area contributed by atoms with Crippen LogP contribution in [0.25, 0.3) is 0 Å². The lowest BCUT2D eigenvalue weighted by atomic mass is 9.85. The number of hydrogen-bond acceptors (Lipinski definition) is 14. The highest BCUT2D eigenvalue weighted by atomic mass is 127. The van der Waals surface area contributed by atoms with E-state index in [1.807, 2.05) is 170 Å². The van der Waals surface area contributed by atoms with Gasteiger partial charge in [-0.25, -0.2) is 9.59 Å². The number of amides is 9. The van der Waals surface area contributed by atoms with Crippen LogP contribution in [0.3, 0.4) is 0 Å². The maximum absolute atomic E-state index is 13.5. The number of aliphatic imine (C=N–C) groups is 3. The van der Waals surface area contributed by atoms with Crippen molar-refractivity contribution >= 4 is 116 Å². The first-order valence-electron chi connectivity index (χ1n) is 38.8. The number of ether oxygens (including phenoxy) is 1. The third-order valence-electron chi connectivity index (χ3n) is 20.0. The Morgan fingerprint density at radius 2 is 0.811 bits per heavy atom. The standard InChI is InChI=1S/C26H38N4O3.C25H36N4O3.C21H23N3O3.C12H21NO3.CH3I.CH4/c1-17(2)13-14-20(31)29-26(15-9-10-16-26)24(33)28-22-23(32)30(6)19-12-8-7-11-18(19)21(27-22)25(3,4)5;1-16(2)12-13-19(30)29-25(14-8-9-15-25)23(32)28-21-22(31)26-18-11-7-6-10-17(18)20(27-21)24(3,4)5;1-21(2,3)17-15-11-7-8-12-16(15)22-19(25)18(23-17)24-20(26)27-13-14-9-5-4-6-10-14;1-9(2)5-6-10(14)13-12(11(15)16)7-3-4-8-12;1-2;/h7-8,11-12,17,22H,9-10,13-16H2,1-6H3,(H,28,33)(H,29,31);6-7,10-11,16,21H,8-9,12-15H2,1-5H3,(H,26,31)(H,28,32)(H,29,30);4-12,18H,13H2,1-3H3,(H,22,25)(H,24,26);9H,3-8H2,1-2H3,(H,13,14)(H,15,16);1H3;1H4. The van der Waals surface area contributed by atoms with Crippen LogP contribution in [0.1, 0.15) is 249 Å². The number of alkyl carbamates (subject to hydrolysis) is 1. The summed E-state index contributed by atoms with van der Waals surface area (Å²) in [6, 6.07) is 32.0. The Bertz CT molecular complexity index is 3960. The molecule has 3 unspecified atom stereocenters. The first-order valence-corrected chi connectivity index (χ1v) is 41.0. The van der Waals surface area contributed by atoms with Crippen molar-refractivity contribution in [1.29, 1.82) is 0 Å². The molecule has 3 heterocycles. The Morgan fingerprint density at radius 3 is 1.20 bits per heavy atom. The van der Waals surface area contributed by atoms with Gasteiger partial charge in [0.15, 0.2) is 0 Å². The minimum absolute atomic E-state index is 0. The number of rotatable bonds is 20. The van der Waals surface area contributed by atoms with Crippen LogP contribution in [0, 0.1) is 34.0 Å². The van der Waals surface area contributed by atoms with Gasteiger partial charge in [0, 0.05) is 70.6 Å². The zero-order valence-electron chi connectivity index (χ0n) is 67.8. The number of nitrogens with zero attached hydrogens (tertiary/aromatic N) is 4. The summed E-state index contributed by atoms with van der Waals surface area (Å²) in [5.41, 5.74) is 3.91. The van der Waals surface area contributed by atoms with Gasteiger partial charge in [0.25, 0.3) is 17.7 Å². The van der Waals surface area contributed by atoms with E-state index in [9.17, 15) is 53.1 Å². The summed E-state index contributed by atoms with van der Waals surface area (Å²) in [6.45, 7) is 30.8. The Morgan fingerprint density at radius 1 is 0.486 bits per heavy atom. The van der Waals surface area contributed by atoms with Gasteiger partial charge in [-0.3, -0.25) is 58.7 Å². The molecule has 6 aliphatic rings. The van der Waals surface area contributed by atoms with E-state index in [1.165, 1.54) is 0 Å². The Labute approximate surface area is 672 Å². The molecule has 608 valence electrons. The van der Waals surface area contributed by atoms with Gasteiger partial charge in [-0.2, -0.15) is 0 Å². The van der Waals surface area contributed by atoms with Crippen molar-refractivity contribution in [2.24, 2.45) is 49.0 Å². The number of carboxylic acids is 1. The van der Waals surface area contributed by atoms with Crippen molar-refractivity contribution in [2.75, 3.05) is 27.5 Å². The number of likely N-dealkylation sites (N-methyl/N-ethyl adjacent to an activating group) is 1.